The van der Waals surface area contributed by atoms with E-state index in [4.69, 9.17) is 9.84 Å². The van der Waals surface area contributed by atoms with Crippen LogP contribution in [0.3, 0.4) is 0 Å². The molecule has 0 radical (unpaired) electrons. The molecule has 2 amide bonds. The van der Waals surface area contributed by atoms with Crippen LogP contribution in [0.2, 0.25) is 0 Å². The molecule has 1 aliphatic carbocycles. The lowest BCUT2D eigenvalue weighted by atomic mass is 10.1. The molecule has 0 fully saturated rings. The van der Waals surface area contributed by atoms with Gasteiger partial charge in [0.25, 0.3) is 0 Å². The second kappa shape index (κ2) is 9.22. The van der Waals surface area contributed by atoms with Crippen LogP contribution in [-0.4, -0.2) is 42.9 Å². The molecule has 3 N–H and O–H groups in total. The normalized spacial score (nSPS) is 18.4. The Kier molecular flexibility index (Phi) is 7.44. The maximum Gasteiger partial charge on any atom is 0.404 e. The summed E-state index contributed by atoms with van der Waals surface area (Å²) in [5, 5.41) is 13.1. The molecule has 0 spiro atoms. The fraction of sp³-hybridized carbons (Fsp3) is 0.692. The molecule has 0 heterocycles. The lowest BCUT2D eigenvalue weighted by molar-refractivity contribution is -0.126. The molecule has 6 nitrogen and oxygen atoms in total. The summed E-state index contributed by atoms with van der Waals surface area (Å²) in [4.78, 5) is 21.6. The predicted molar refractivity (Wildman–Crippen MR) is 69.6 cm³/mol. The number of ether oxygens (including phenoxy) is 1. The molecule has 1 aliphatic rings. The number of carboxylic acid groups (broad SMARTS) is 1. The number of hydrogen-bond acceptors (Lipinski definition) is 3. The van der Waals surface area contributed by atoms with Crippen molar-refractivity contribution >= 4 is 12.0 Å². The van der Waals surface area contributed by atoms with E-state index in [-0.39, 0.29) is 31.7 Å². The highest BCUT2D eigenvalue weighted by atomic mass is 16.5. The number of carbonyl (C=O) groups is 2. The molecule has 0 saturated carbocycles. The van der Waals surface area contributed by atoms with Gasteiger partial charge in [-0.1, -0.05) is 12.3 Å². The number of hydrogen-bond donors (Lipinski definition) is 3. The lowest BCUT2D eigenvalue weighted by Crippen LogP contribution is -2.36. The van der Waals surface area contributed by atoms with Crippen molar-refractivity contribution in [3.8, 4) is 11.8 Å². The Morgan fingerprint density at radius 1 is 1.21 bits per heavy atom. The Morgan fingerprint density at radius 2 is 2.00 bits per heavy atom. The van der Waals surface area contributed by atoms with Crippen molar-refractivity contribution in [2.45, 2.75) is 38.2 Å². The number of carbonyl (C=O) groups excluding carboxylic acids is 1. The van der Waals surface area contributed by atoms with Gasteiger partial charge in [-0.25, -0.2) is 4.79 Å². The molecule has 1 unspecified atom stereocenters. The molecular formula is C13H20N2O4. The predicted octanol–water partition coefficient (Wildman–Crippen LogP) is 0.723. The van der Waals surface area contributed by atoms with Gasteiger partial charge < -0.3 is 20.5 Å². The van der Waals surface area contributed by atoms with Crippen LogP contribution >= 0.6 is 0 Å². The SMILES string of the molecule is O=C(O)NCCNC(=O)COC1C#CCCCCC1. The van der Waals surface area contributed by atoms with Crippen LogP contribution in [0.5, 0.6) is 0 Å². The van der Waals surface area contributed by atoms with E-state index < -0.39 is 6.09 Å². The summed E-state index contributed by atoms with van der Waals surface area (Å²) < 4.78 is 5.44. The zero-order chi connectivity index (χ0) is 13.9. The largest absolute Gasteiger partial charge is 0.465 e. The third-order valence-electron chi connectivity index (χ3n) is 2.67. The van der Waals surface area contributed by atoms with Crippen molar-refractivity contribution in [2.75, 3.05) is 19.7 Å². The van der Waals surface area contributed by atoms with E-state index in [1.807, 2.05) is 0 Å². The summed E-state index contributed by atoms with van der Waals surface area (Å²) in [6, 6.07) is 0. The van der Waals surface area contributed by atoms with E-state index in [0.717, 1.165) is 32.1 Å². The molecule has 106 valence electrons. The first-order chi connectivity index (χ1) is 9.18. The highest BCUT2D eigenvalue weighted by Gasteiger charge is 2.09. The fourth-order valence-electron chi connectivity index (χ4n) is 1.70. The van der Waals surface area contributed by atoms with Gasteiger partial charge in [-0.05, 0) is 19.3 Å². The molecule has 1 atom stereocenters. The second-order valence-corrected chi connectivity index (χ2v) is 4.30. The summed E-state index contributed by atoms with van der Waals surface area (Å²) >= 11 is 0. The smallest absolute Gasteiger partial charge is 0.404 e. The molecule has 0 aromatic heterocycles. The molecule has 0 aromatic carbocycles. The minimum atomic E-state index is -1.10. The molecule has 1 rings (SSSR count). The molecule has 0 saturated heterocycles. The monoisotopic (exact) mass is 268 g/mol. The average Bonchev–Trinajstić information content (AvgIpc) is 2.33. The van der Waals surface area contributed by atoms with Crippen LogP contribution in [0.1, 0.15) is 32.1 Å². The van der Waals surface area contributed by atoms with E-state index in [0.29, 0.717) is 0 Å². The van der Waals surface area contributed by atoms with Crippen molar-refractivity contribution in [2.24, 2.45) is 0 Å². The Morgan fingerprint density at radius 3 is 2.79 bits per heavy atom. The molecule has 6 heteroatoms. The molecule has 0 bridgehead atoms. The van der Waals surface area contributed by atoms with Gasteiger partial charge in [-0.3, -0.25) is 4.79 Å². The van der Waals surface area contributed by atoms with Crippen LogP contribution < -0.4 is 10.6 Å². The van der Waals surface area contributed by atoms with Crippen LogP contribution in [0.15, 0.2) is 0 Å². The second-order valence-electron chi connectivity index (χ2n) is 4.30. The summed E-state index contributed by atoms with van der Waals surface area (Å²) in [7, 11) is 0. The van der Waals surface area contributed by atoms with Gasteiger partial charge in [-0.15, -0.1) is 5.92 Å². The number of amides is 2. The molecule has 19 heavy (non-hydrogen) atoms. The van der Waals surface area contributed by atoms with Crippen molar-refractivity contribution in [3.63, 3.8) is 0 Å². The van der Waals surface area contributed by atoms with Crippen LogP contribution in [0.25, 0.3) is 0 Å². The van der Waals surface area contributed by atoms with Crippen molar-refractivity contribution in [3.05, 3.63) is 0 Å². The minimum absolute atomic E-state index is 0.0353. The summed E-state index contributed by atoms with van der Waals surface area (Å²) in [6.07, 6.45) is 3.86. The van der Waals surface area contributed by atoms with Crippen LogP contribution in [0, 0.1) is 11.8 Å². The summed E-state index contributed by atoms with van der Waals surface area (Å²) in [5.41, 5.74) is 0. The van der Waals surface area contributed by atoms with Gasteiger partial charge in [0.05, 0.1) is 0 Å². The summed E-state index contributed by atoms with van der Waals surface area (Å²) in [6.45, 7) is 0.404. The molecular weight excluding hydrogens is 248 g/mol. The average molecular weight is 268 g/mol. The fourth-order valence-corrected chi connectivity index (χ4v) is 1.70. The van der Waals surface area contributed by atoms with Gasteiger partial charge in [0, 0.05) is 19.5 Å². The topological polar surface area (TPSA) is 87.7 Å². The summed E-state index contributed by atoms with van der Waals surface area (Å²) in [5.74, 6) is 5.81. The first-order valence-electron chi connectivity index (χ1n) is 6.52. The van der Waals surface area contributed by atoms with Gasteiger partial charge in [0.2, 0.25) is 5.91 Å². The van der Waals surface area contributed by atoms with E-state index >= 15 is 0 Å². The highest BCUT2D eigenvalue weighted by molar-refractivity contribution is 5.77. The number of nitrogens with one attached hydrogen (secondary N) is 2. The zero-order valence-corrected chi connectivity index (χ0v) is 10.9. The van der Waals surface area contributed by atoms with Gasteiger partial charge in [-0.2, -0.15) is 0 Å². The standard InChI is InChI=1S/C13H20N2O4/c16-12(14-8-9-15-13(17)18)10-19-11-6-4-2-1-3-5-7-11/h11,15H,1-4,6,8-10H2,(H,14,16)(H,17,18). The lowest BCUT2D eigenvalue weighted by Gasteiger charge is -2.13. The van der Waals surface area contributed by atoms with Crippen LogP contribution in [-0.2, 0) is 9.53 Å². The Labute approximate surface area is 112 Å². The first-order valence-corrected chi connectivity index (χ1v) is 6.52. The Hall–Kier alpha value is -1.74. The Bertz CT molecular complexity index is 359. The van der Waals surface area contributed by atoms with Crippen molar-refractivity contribution in [1.29, 1.82) is 0 Å². The maximum atomic E-state index is 11.4. The van der Waals surface area contributed by atoms with Crippen LogP contribution in [0.4, 0.5) is 4.79 Å². The molecule has 0 aromatic rings. The quantitative estimate of drug-likeness (QED) is 0.489. The third-order valence-corrected chi connectivity index (χ3v) is 2.67. The van der Waals surface area contributed by atoms with E-state index in [1.54, 1.807) is 0 Å². The van der Waals surface area contributed by atoms with Gasteiger partial charge in [0.15, 0.2) is 0 Å². The molecule has 0 aliphatic heterocycles. The van der Waals surface area contributed by atoms with E-state index in [2.05, 4.69) is 22.5 Å². The minimum Gasteiger partial charge on any atom is -0.465 e. The van der Waals surface area contributed by atoms with E-state index in [1.165, 1.54) is 0 Å². The maximum absolute atomic E-state index is 11.4. The Balaban J connectivity index is 2.12. The van der Waals surface area contributed by atoms with Crippen molar-refractivity contribution in [1.82, 2.24) is 10.6 Å². The third kappa shape index (κ3) is 8.06. The zero-order valence-electron chi connectivity index (χ0n) is 10.9. The number of rotatable bonds is 6. The highest BCUT2D eigenvalue weighted by Crippen LogP contribution is 2.10. The van der Waals surface area contributed by atoms with E-state index in [9.17, 15) is 9.59 Å². The van der Waals surface area contributed by atoms with Crippen molar-refractivity contribution < 1.29 is 19.4 Å². The van der Waals surface area contributed by atoms with Gasteiger partial charge >= 0.3 is 6.09 Å². The van der Waals surface area contributed by atoms with Gasteiger partial charge in [0.1, 0.15) is 12.7 Å². The first kappa shape index (κ1) is 15.3.